The van der Waals surface area contributed by atoms with Crippen molar-refractivity contribution in [1.29, 1.82) is 0 Å². The Morgan fingerprint density at radius 2 is 2.07 bits per heavy atom. The molecule has 0 radical (unpaired) electrons. The highest BCUT2D eigenvalue weighted by Crippen LogP contribution is 2.33. The number of nitrogens with one attached hydrogen (secondary N) is 1. The molecule has 72 valence electrons. The maximum absolute atomic E-state index is 11.2. The summed E-state index contributed by atoms with van der Waals surface area (Å²) in [5.41, 5.74) is 3.45. The lowest BCUT2D eigenvalue weighted by molar-refractivity contribution is -0.116. The fourth-order valence-corrected chi connectivity index (χ4v) is 2.06. The van der Waals surface area contributed by atoms with Crippen molar-refractivity contribution < 1.29 is 9.53 Å². The molecular weight excluding hydrogens is 178 g/mol. The number of carbonyl (C=O) groups excluding carboxylic acids is 1. The van der Waals surface area contributed by atoms with E-state index in [1.54, 1.807) is 0 Å². The number of hydrogen-bond donors (Lipinski definition) is 1. The summed E-state index contributed by atoms with van der Waals surface area (Å²) in [4.78, 5) is 11.2. The van der Waals surface area contributed by atoms with Crippen molar-refractivity contribution >= 4 is 11.6 Å². The van der Waals surface area contributed by atoms with Gasteiger partial charge in [-0.05, 0) is 23.6 Å². The lowest BCUT2D eigenvalue weighted by Crippen LogP contribution is -2.18. The number of hydrogen-bond acceptors (Lipinski definition) is 2. The van der Waals surface area contributed by atoms with Gasteiger partial charge in [-0.3, -0.25) is 4.79 Å². The number of amides is 1. The van der Waals surface area contributed by atoms with Crippen molar-refractivity contribution in [3.8, 4) is 5.75 Å². The molecule has 2 aliphatic heterocycles. The van der Waals surface area contributed by atoms with E-state index in [1.165, 1.54) is 11.1 Å². The van der Waals surface area contributed by atoms with Crippen molar-refractivity contribution in [2.24, 2.45) is 0 Å². The zero-order chi connectivity index (χ0) is 9.54. The lowest BCUT2D eigenvalue weighted by Gasteiger charge is -2.17. The molecule has 0 aliphatic carbocycles. The van der Waals surface area contributed by atoms with Gasteiger partial charge in [0.2, 0.25) is 5.91 Å². The maximum Gasteiger partial charge on any atom is 0.224 e. The molecule has 14 heavy (non-hydrogen) atoms. The van der Waals surface area contributed by atoms with E-state index in [2.05, 4.69) is 11.4 Å². The zero-order valence-corrected chi connectivity index (χ0v) is 7.80. The maximum atomic E-state index is 11.2. The minimum Gasteiger partial charge on any atom is -0.493 e. The summed E-state index contributed by atoms with van der Waals surface area (Å²) in [7, 11) is 0. The van der Waals surface area contributed by atoms with E-state index < -0.39 is 0 Å². The molecule has 3 heteroatoms. The predicted molar refractivity (Wildman–Crippen MR) is 52.6 cm³/mol. The van der Waals surface area contributed by atoms with Gasteiger partial charge < -0.3 is 10.1 Å². The molecule has 2 aliphatic rings. The third kappa shape index (κ3) is 1.09. The van der Waals surface area contributed by atoms with Crippen molar-refractivity contribution in [3.05, 3.63) is 23.3 Å². The third-order valence-corrected chi connectivity index (χ3v) is 2.81. The van der Waals surface area contributed by atoms with Crippen LogP contribution in [0.25, 0.3) is 0 Å². The second-order valence-corrected chi connectivity index (χ2v) is 3.76. The highest BCUT2D eigenvalue weighted by atomic mass is 16.5. The molecule has 0 aromatic heterocycles. The minimum absolute atomic E-state index is 0.107. The van der Waals surface area contributed by atoms with Gasteiger partial charge in [0.1, 0.15) is 5.75 Å². The molecule has 0 spiro atoms. The van der Waals surface area contributed by atoms with Crippen LogP contribution in [-0.2, 0) is 17.6 Å². The first-order chi connectivity index (χ1) is 6.83. The van der Waals surface area contributed by atoms with E-state index in [1.807, 2.05) is 6.07 Å². The summed E-state index contributed by atoms with van der Waals surface area (Å²) in [6.45, 7) is 0.770. The first-order valence-electron chi connectivity index (χ1n) is 4.91. The van der Waals surface area contributed by atoms with Crippen LogP contribution in [0, 0.1) is 0 Å². The molecule has 3 rings (SSSR count). The normalized spacial score (nSPS) is 18.1. The predicted octanol–water partition coefficient (Wildman–Crippen LogP) is 1.51. The molecule has 1 aromatic rings. The second kappa shape index (κ2) is 2.74. The Hall–Kier alpha value is -1.51. The average molecular weight is 189 g/mol. The van der Waals surface area contributed by atoms with E-state index in [4.69, 9.17) is 4.74 Å². The molecular formula is C11H11NO2. The molecule has 1 N–H and O–H groups in total. The average Bonchev–Trinajstić information content (AvgIpc) is 2.61. The highest BCUT2D eigenvalue weighted by molar-refractivity contribution is 5.94. The molecule has 0 unspecified atom stereocenters. The number of benzene rings is 1. The Bertz CT molecular complexity index is 412. The third-order valence-electron chi connectivity index (χ3n) is 2.81. The van der Waals surface area contributed by atoms with E-state index in [9.17, 15) is 4.79 Å². The van der Waals surface area contributed by atoms with Gasteiger partial charge >= 0.3 is 0 Å². The minimum atomic E-state index is 0.107. The standard InChI is InChI=1S/C11H11NO2/c13-11-2-1-7-5-8-3-4-14-10(8)6-9(7)12-11/h5-6H,1-4H2,(H,12,13). The fraction of sp³-hybridized carbons (Fsp3) is 0.364. The molecule has 0 saturated carbocycles. The van der Waals surface area contributed by atoms with Crippen LogP contribution in [0.1, 0.15) is 17.5 Å². The lowest BCUT2D eigenvalue weighted by atomic mass is 9.99. The molecule has 0 bridgehead atoms. The summed E-state index contributed by atoms with van der Waals surface area (Å²) in [5.74, 6) is 1.04. The van der Waals surface area contributed by atoms with Gasteiger partial charge in [0.15, 0.2) is 0 Å². The van der Waals surface area contributed by atoms with Crippen LogP contribution in [0.5, 0.6) is 5.75 Å². The first-order valence-corrected chi connectivity index (χ1v) is 4.91. The van der Waals surface area contributed by atoms with E-state index in [-0.39, 0.29) is 5.91 Å². The van der Waals surface area contributed by atoms with Crippen LogP contribution >= 0.6 is 0 Å². The largest absolute Gasteiger partial charge is 0.493 e. The van der Waals surface area contributed by atoms with Crippen LogP contribution in [0.2, 0.25) is 0 Å². The van der Waals surface area contributed by atoms with Crippen molar-refractivity contribution in [1.82, 2.24) is 0 Å². The van der Waals surface area contributed by atoms with Crippen LogP contribution in [0.15, 0.2) is 12.1 Å². The monoisotopic (exact) mass is 189 g/mol. The number of anilines is 1. The van der Waals surface area contributed by atoms with Crippen molar-refractivity contribution in [3.63, 3.8) is 0 Å². The molecule has 0 saturated heterocycles. The van der Waals surface area contributed by atoms with Crippen LogP contribution in [0.3, 0.4) is 0 Å². The fourth-order valence-electron chi connectivity index (χ4n) is 2.06. The second-order valence-electron chi connectivity index (χ2n) is 3.76. The van der Waals surface area contributed by atoms with Crippen LogP contribution in [-0.4, -0.2) is 12.5 Å². The van der Waals surface area contributed by atoms with E-state index in [0.717, 1.165) is 30.9 Å². The van der Waals surface area contributed by atoms with Gasteiger partial charge in [-0.1, -0.05) is 0 Å². The molecule has 1 aromatic carbocycles. The molecule has 0 fully saturated rings. The number of ether oxygens (including phenoxy) is 1. The Morgan fingerprint density at radius 3 is 3.00 bits per heavy atom. The molecule has 1 amide bonds. The van der Waals surface area contributed by atoms with Gasteiger partial charge in [-0.2, -0.15) is 0 Å². The van der Waals surface area contributed by atoms with Crippen molar-refractivity contribution in [2.75, 3.05) is 11.9 Å². The molecule has 2 heterocycles. The molecule has 3 nitrogen and oxygen atoms in total. The first kappa shape index (κ1) is 7.85. The van der Waals surface area contributed by atoms with Crippen molar-refractivity contribution in [2.45, 2.75) is 19.3 Å². The van der Waals surface area contributed by atoms with Gasteiger partial charge in [0, 0.05) is 24.6 Å². The Labute approximate surface area is 82.1 Å². The number of rotatable bonds is 0. The topological polar surface area (TPSA) is 38.3 Å². The van der Waals surface area contributed by atoms with E-state index in [0.29, 0.717) is 6.42 Å². The zero-order valence-electron chi connectivity index (χ0n) is 7.80. The SMILES string of the molecule is O=C1CCc2cc3c(cc2N1)OCC3. The van der Waals surface area contributed by atoms with E-state index >= 15 is 0 Å². The Morgan fingerprint density at radius 1 is 1.14 bits per heavy atom. The smallest absolute Gasteiger partial charge is 0.224 e. The number of aryl methyl sites for hydroxylation is 1. The summed E-state index contributed by atoms with van der Waals surface area (Å²) < 4.78 is 5.45. The Kier molecular flexibility index (Phi) is 1.54. The van der Waals surface area contributed by atoms with Gasteiger partial charge in [-0.15, -0.1) is 0 Å². The van der Waals surface area contributed by atoms with Crippen LogP contribution < -0.4 is 10.1 Å². The van der Waals surface area contributed by atoms with Crippen LogP contribution in [0.4, 0.5) is 5.69 Å². The molecule has 0 atom stereocenters. The Balaban J connectivity index is 2.10. The summed E-state index contributed by atoms with van der Waals surface area (Å²) >= 11 is 0. The number of fused-ring (bicyclic) bond motifs is 2. The van der Waals surface area contributed by atoms with Gasteiger partial charge in [0.25, 0.3) is 0 Å². The van der Waals surface area contributed by atoms with Gasteiger partial charge in [0.05, 0.1) is 6.61 Å². The number of carbonyl (C=O) groups is 1. The quantitative estimate of drug-likeness (QED) is 0.671. The van der Waals surface area contributed by atoms with Gasteiger partial charge in [-0.25, -0.2) is 0 Å². The summed E-state index contributed by atoms with van der Waals surface area (Å²) in [5, 5.41) is 2.87. The highest BCUT2D eigenvalue weighted by Gasteiger charge is 2.20. The summed E-state index contributed by atoms with van der Waals surface area (Å²) in [6.07, 6.45) is 2.46. The summed E-state index contributed by atoms with van der Waals surface area (Å²) in [6, 6.07) is 4.12.